The molecule has 7 heteroatoms. The minimum atomic E-state index is -0.278. The van der Waals surface area contributed by atoms with Crippen LogP contribution in [0.4, 0.5) is 4.39 Å². The molecule has 1 aliphatic rings. The number of morpholine rings is 1. The maximum absolute atomic E-state index is 14.0. The van der Waals surface area contributed by atoms with E-state index in [1.807, 2.05) is 18.5 Å². The van der Waals surface area contributed by atoms with E-state index in [2.05, 4.69) is 21.1 Å². The van der Waals surface area contributed by atoms with Crippen LogP contribution >= 0.6 is 0 Å². The molecule has 0 N–H and O–H groups in total. The maximum Gasteiger partial charge on any atom is 0.147 e. The molecule has 24 heavy (non-hydrogen) atoms. The Kier molecular flexibility index (Phi) is 4.88. The number of halogens is 1. The SMILES string of the molecule is Cc1nc(C)n(C[C@H]2CN(Cc3cc(C#N)ccc3F)CCO2)n1. The minimum Gasteiger partial charge on any atom is -0.374 e. The van der Waals surface area contributed by atoms with E-state index in [4.69, 9.17) is 10.00 Å². The molecule has 0 bridgehead atoms. The molecule has 1 saturated heterocycles. The van der Waals surface area contributed by atoms with Crippen LogP contribution in [0.3, 0.4) is 0 Å². The van der Waals surface area contributed by atoms with Gasteiger partial charge in [-0.2, -0.15) is 10.4 Å². The number of aromatic nitrogens is 3. The maximum atomic E-state index is 14.0. The van der Waals surface area contributed by atoms with Gasteiger partial charge in [0, 0.05) is 25.2 Å². The molecule has 2 heterocycles. The number of benzene rings is 1. The van der Waals surface area contributed by atoms with Crippen LogP contribution in [0.2, 0.25) is 0 Å². The van der Waals surface area contributed by atoms with Crippen LogP contribution < -0.4 is 0 Å². The van der Waals surface area contributed by atoms with Gasteiger partial charge in [-0.15, -0.1) is 0 Å². The summed E-state index contributed by atoms with van der Waals surface area (Å²) in [6, 6.07) is 6.52. The van der Waals surface area contributed by atoms with E-state index in [0.29, 0.717) is 37.4 Å². The number of nitrogens with zero attached hydrogens (tertiary/aromatic N) is 5. The van der Waals surface area contributed by atoms with E-state index in [-0.39, 0.29) is 11.9 Å². The Bertz CT molecular complexity index is 767. The van der Waals surface area contributed by atoms with Gasteiger partial charge in [-0.25, -0.2) is 14.1 Å². The zero-order valence-corrected chi connectivity index (χ0v) is 13.9. The quantitative estimate of drug-likeness (QED) is 0.856. The Balaban J connectivity index is 1.66. The standard InChI is InChI=1S/C17H20FN5O/c1-12-20-13(2)23(21-12)11-16-10-22(5-6-24-16)9-15-7-14(8-19)3-4-17(15)18/h3-4,7,16H,5-6,9-11H2,1-2H3/t16-/m1/s1. The second kappa shape index (κ2) is 7.07. The van der Waals surface area contributed by atoms with Gasteiger partial charge >= 0.3 is 0 Å². The first kappa shape index (κ1) is 16.6. The van der Waals surface area contributed by atoms with E-state index >= 15 is 0 Å². The first-order chi connectivity index (χ1) is 11.5. The smallest absolute Gasteiger partial charge is 0.147 e. The van der Waals surface area contributed by atoms with Crippen molar-refractivity contribution in [2.75, 3.05) is 19.7 Å². The molecule has 0 radical (unpaired) electrons. The van der Waals surface area contributed by atoms with Gasteiger partial charge in [0.15, 0.2) is 0 Å². The summed E-state index contributed by atoms with van der Waals surface area (Å²) in [7, 11) is 0. The van der Waals surface area contributed by atoms with Crippen molar-refractivity contribution in [2.45, 2.75) is 33.0 Å². The van der Waals surface area contributed by atoms with Gasteiger partial charge in [-0.3, -0.25) is 4.90 Å². The third-order valence-corrected chi connectivity index (χ3v) is 4.13. The number of aryl methyl sites for hydroxylation is 2. The molecular weight excluding hydrogens is 309 g/mol. The Hall–Kier alpha value is -2.30. The zero-order valence-electron chi connectivity index (χ0n) is 13.9. The molecule has 1 aromatic heterocycles. The summed E-state index contributed by atoms with van der Waals surface area (Å²) in [5.74, 6) is 1.33. The molecule has 1 atom stereocenters. The van der Waals surface area contributed by atoms with Crippen molar-refractivity contribution in [1.29, 1.82) is 5.26 Å². The number of hydrogen-bond acceptors (Lipinski definition) is 5. The molecule has 1 fully saturated rings. The molecule has 0 unspecified atom stereocenters. The molecule has 2 aromatic rings. The number of ether oxygens (including phenoxy) is 1. The topological polar surface area (TPSA) is 67.0 Å². The summed E-state index contributed by atoms with van der Waals surface area (Å²) < 4.78 is 21.6. The van der Waals surface area contributed by atoms with Crippen molar-refractivity contribution < 1.29 is 9.13 Å². The summed E-state index contributed by atoms with van der Waals surface area (Å²) in [5, 5.41) is 13.3. The largest absolute Gasteiger partial charge is 0.374 e. The van der Waals surface area contributed by atoms with Crippen LogP contribution in [0.5, 0.6) is 0 Å². The number of rotatable bonds is 4. The van der Waals surface area contributed by atoms with E-state index in [0.717, 1.165) is 18.2 Å². The van der Waals surface area contributed by atoms with Crippen molar-refractivity contribution in [1.82, 2.24) is 19.7 Å². The second-order valence-corrected chi connectivity index (χ2v) is 6.03. The van der Waals surface area contributed by atoms with E-state index in [9.17, 15) is 4.39 Å². The van der Waals surface area contributed by atoms with Crippen molar-refractivity contribution in [3.05, 3.63) is 46.8 Å². The monoisotopic (exact) mass is 329 g/mol. The molecule has 0 saturated carbocycles. The summed E-state index contributed by atoms with van der Waals surface area (Å²) in [4.78, 5) is 6.44. The highest BCUT2D eigenvalue weighted by Crippen LogP contribution is 2.16. The molecule has 0 aliphatic carbocycles. The van der Waals surface area contributed by atoms with Gasteiger partial charge in [-0.1, -0.05) is 0 Å². The van der Waals surface area contributed by atoms with Crippen LogP contribution in [-0.2, 0) is 17.8 Å². The average molecular weight is 329 g/mol. The average Bonchev–Trinajstić information content (AvgIpc) is 2.87. The first-order valence-electron chi connectivity index (χ1n) is 7.95. The van der Waals surface area contributed by atoms with Gasteiger partial charge in [0.25, 0.3) is 0 Å². The number of nitriles is 1. The second-order valence-electron chi connectivity index (χ2n) is 6.03. The van der Waals surface area contributed by atoms with E-state index in [1.54, 1.807) is 6.07 Å². The first-order valence-corrected chi connectivity index (χ1v) is 7.95. The minimum absolute atomic E-state index is 0.0132. The Morgan fingerprint density at radius 2 is 2.25 bits per heavy atom. The molecular formula is C17H20FN5O. The van der Waals surface area contributed by atoms with Crippen molar-refractivity contribution >= 4 is 0 Å². The van der Waals surface area contributed by atoms with Crippen molar-refractivity contribution in [3.63, 3.8) is 0 Å². The lowest BCUT2D eigenvalue weighted by Gasteiger charge is -2.33. The Morgan fingerprint density at radius 1 is 1.42 bits per heavy atom. The Labute approximate surface area is 140 Å². The molecule has 126 valence electrons. The lowest BCUT2D eigenvalue weighted by molar-refractivity contribution is -0.0408. The molecule has 3 rings (SSSR count). The molecule has 1 aromatic carbocycles. The lowest BCUT2D eigenvalue weighted by Crippen LogP contribution is -2.44. The fraction of sp³-hybridized carbons (Fsp3) is 0.471. The van der Waals surface area contributed by atoms with Gasteiger partial charge in [0.05, 0.1) is 30.9 Å². The number of hydrogen-bond donors (Lipinski definition) is 0. The van der Waals surface area contributed by atoms with Crippen molar-refractivity contribution in [3.8, 4) is 6.07 Å². The summed E-state index contributed by atoms with van der Waals surface area (Å²) in [6.45, 7) is 6.90. The highest BCUT2D eigenvalue weighted by Gasteiger charge is 2.23. The Morgan fingerprint density at radius 3 is 2.96 bits per heavy atom. The third kappa shape index (κ3) is 3.78. The van der Waals surface area contributed by atoms with Gasteiger partial charge in [-0.05, 0) is 32.0 Å². The predicted molar refractivity (Wildman–Crippen MR) is 85.6 cm³/mol. The van der Waals surface area contributed by atoms with Gasteiger partial charge in [0.1, 0.15) is 17.5 Å². The molecule has 0 spiro atoms. The van der Waals surface area contributed by atoms with Crippen LogP contribution in [0.1, 0.15) is 22.8 Å². The fourth-order valence-electron chi connectivity index (χ4n) is 2.97. The van der Waals surface area contributed by atoms with Gasteiger partial charge in [0.2, 0.25) is 0 Å². The predicted octanol–water partition coefficient (Wildman–Crippen LogP) is 1.81. The summed E-state index contributed by atoms with van der Waals surface area (Å²) in [5.41, 5.74) is 1.02. The zero-order chi connectivity index (χ0) is 17.1. The highest BCUT2D eigenvalue weighted by atomic mass is 19.1. The van der Waals surface area contributed by atoms with Crippen LogP contribution in [0.15, 0.2) is 18.2 Å². The van der Waals surface area contributed by atoms with Crippen LogP contribution in [0.25, 0.3) is 0 Å². The molecule has 6 nitrogen and oxygen atoms in total. The van der Waals surface area contributed by atoms with E-state index < -0.39 is 0 Å². The van der Waals surface area contributed by atoms with Crippen molar-refractivity contribution in [2.24, 2.45) is 0 Å². The summed E-state index contributed by atoms with van der Waals surface area (Å²) in [6.07, 6.45) is -0.0132. The van der Waals surface area contributed by atoms with E-state index in [1.165, 1.54) is 12.1 Å². The third-order valence-electron chi connectivity index (χ3n) is 4.13. The molecule has 0 amide bonds. The van der Waals surface area contributed by atoms with Gasteiger partial charge < -0.3 is 4.74 Å². The van der Waals surface area contributed by atoms with Crippen LogP contribution in [0, 0.1) is 31.0 Å². The molecule has 1 aliphatic heterocycles. The lowest BCUT2D eigenvalue weighted by atomic mass is 10.1. The van der Waals surface area contributed by atoms with Crippen LogP contribution in [-0.4, -0.2) is 45.5 Å². The highest BCUT2D eigenvalue weighted by molar-refractivity contribution is 5.33. The summed E-state index contributed by atoms with van der Waals surface area (Å²) >= 11 is 0. The fourth-order valence-corrected chi connectivity index (χ4v) is 2.97. The normalized spacial score (nSPS) is 18.5.